The van der Waals surface area contributed by atoms with Gasteiger partial charge in [0.1, 0.15) is 11.7 Å². The van der Waals surface area contributed by atoms with Crippen molar-refractivity contribution in [2.75, 3.05) is 20.8 Å². The van der Waals surface area contributed by atoms with Crippen molar-refractivity contribution < 1.29 is 29.3 Å². The molecule has 2 atom stereocenters. The van der Waals surface area contributed by atoms with E-state index in [0.29, 0.717) is 34.6 Å². The van der Waals surface area contributed by atoms with Gasteiger partial charge in [0, 0.05) is 17.7 Å². The van der Waals surface area contributed by atoms with Crippen LogP contribution in [0.25, 0.3) is 0 Å². The molecule has 0 aromatic heterocycles. The van der Waals surface area contributed by atoms with Gasteiger partial charge in [-0.25, -0.2) is 0 Å². The van der Waals surface area contributed by atoms with Crippen LogP contribution in [0.4, 0.5) is 0 Å². The van der Waals surface area contributed by atoms with Gasteiger partial charge in [0.15, 0.2) is 11.5 Å². The number of aromatic hydroxyl groups is 1. The number of carbonyl (C=O) groups excluding carboxylic acids is 1. The van der Waals surface area contributed by atoms with Gasteiger partial charge >= 0.3 is 5.97 Å². The number of fused-ring (bicyclic) bond motifs is 1. The Morgan fingerprint density at radius 2 is 1.61 bits per heavy atom. The molecule has 7 nitrogen and oxygen atoms in total. The lowest BCUT2D eigenvalue weighted by atomic mass is 9.79. The summed E-state index contributed by atoms with van der Waals surface area (Å²) >= 11 is 0. The van der Waals surface area contributed by atoms with Crippen molar-refractivity contribution in [2.45, 2.75) is 18.4 Å². The van der Waals surface area contributed by atoms with Gasteiger partial charge in [-0.3, -0.25) is 9.59 Å². The van der Waals surface area contributed by atoms with Gasteiger partial charge in [0.05, 0.1) is 20.3 Å². The summed E-state index contributed by atoms with van der Waals surface area (Å²) in [6.45, 7) is 0.255. The number of hydrogen-bond acceptors (Lipinski definition) is 5. The number of carboxylic acid groups (broad SMARTS) is 1. The number of methoxy groups -OCH3 is 2. The van der Waals surface area contributed by atoms with Gasteiger partial charge in [-0.1, -0.05) is 42.5 Å². The Labute approximate surface area is 191 Å². The Balaban J connectivity index is 1.76. The number of phenolic OH excluding ortho intramolecular Hbond substituents is 1. The summed E-state index contributed by atoms with van der Waals surface area (Å²) < 4.78 is 10.7. The molecule has 4 rings (SSSR count). The molecule has 170 valence electrons. The van der Waals surface area contributed by atoms with Crippen LogP contribution in [-0.2, 0) is 11.2 Å². The number of amides is 1. The van der Waals surface area contributed by atoms with Crippen molar-refractivity contribution in [3.05, 3.63) is 89.0 Å². The third-order valence-corrected chi connectivity index (χ3v) is 6.05. The van der Waals surface area contributed by atoms with Gasteiger partial charge in [0.25, 0.3) is 5.91 Å². The molecule has 0 aliphatic carbocycles. The molecule has 2 N–H and O–H groups in total. The second-order valence-corrected chi connectivity index (χ2v) is 7.84. The summed E-state index contributed by atoms with van der Waals surface area (Å²) in [5, 5.41) is 20.7. The van der Waals surface area contributed by atoms with Gasteiger partial charge in [-0.15, -0.1) is 0 Å². The fourth-order valence-corrected chi connectivity index (χ4v) is 4.47. The highest BCUT2D eigenvalue weighted by atomic mass is 16.5. The molecule has 0 bridgehead atoms. The molecular formula is C26H25NO6. The standard InChI is InChI=1S/C26H25NO6/c1-32-21-12-11-16(15-22(21)33-2)13-14-27-24(19-9-5-6-10-20(19)28)23(26(30)31)17-7-3-4-8-18(17)25(27)29/h3-12,15,23-24,28H,13-14H2,1-2H3,(H,30,31). The van der Waals surface area contributed by atoms with E-state index >= 15 is 0 Å². The minimum atomic E-state index is -1.06. The third kappa shape index (κ3) is 4.09. The normalized spacial score (nSPS) is 17.4. The van der Waals surface area contributed by atoms with Crippen molar-refractivity contribution in [1.29, 1.82) is 0 Å². The fourth-order valence-electron chi connectivity index (χ4n) is 4.47. The highest BCUT2D eigenvalue weighted by Crippen LogP contribution is 2.45. The number of phenols is 1. The van der Waals surface area contributed by atoms with E-state index in [0.717, 1.165) is 5.56 Å². The summed E-state index contributed by atoms with van der Waals surface area (Å²) in [6.07, 6.45) is 0.463. The first kappa shape index (κ1) is 22.2. The van der Waals surface area contributed by atoms with Crippen molar-refractivity contribution in [3.63, 3.8) is 0 Å². The van der Waals surface area contributed by atoms with E-state index in [2.05, 4.69) is 0 Å². The monoisotopic (exact) mass is 447 g/mol. The number of carboxylic acids is 1. The van der Waals surface area contributed by atoms with E-state index in [1.807, 2.05) is 12.1 Å². The van der Waals surface area contributed by atoms with Crippen molar-refractivity contribution in [2.24, 2.45) is 0 Å². The first-order chi connectivity index (χ1) is 16.0. The molecule has 1 aliphatic heterocycles. The molecule has 0 saturated carbocycles. The highest BCUT2D eigenvalue weighted by Gasteiger charge is 2.44. The van der Waals surface area contributed by atoms with Crippen molar-refractivity contribution in [1.82, 2.24) is 4.90 Å². The van der Waals surface area contributed by atoms with Crippen LogP contribution in [0.15, 0.2) is 66.7 Å². The van der Waals surface area contributed by atoms with Crippen LogP contribution in [0.3, 0.4) is 0 Å². The van der Waals surface area contributed by atoms with E-state index < -0.39 is 17.9 Å². The molecule has 3 aromatic rings. The Hall–Kier alpha value is -4.00. The molecule has 0 radical (unpaired) electrons. The highest BCUT2D eigenvalue weighted by molar-refractivity contribution is 6.00. The Bertz CT molecular complexity index is 1190. The lowest BCUT2D eigenvalue weighted by Crippen LogP contribution is -2.45. The minimum absolute atomic E-state index is 0.0444. The van der Waals surface area contributed by atoms with E-state index in [1.54, 1.807) is 67.7 Å². The van der Waals surface area contributed by atoms with Gasteiger partial charge in [-0.2, -0.15) is 0 Å². The molecule has 7 heteroatoms. The molecule has 1 aliphatic rings. The topological polar surface area (TPSA) is 96.3 Å². The Morgan fingerprint density at radius 3 is 2.27 bits per heavy atom. The summed E-state index contributed by atoms with van der Waals surface area (Å²) in [6, 6.07) is 18.0. The number of rotatable bonds is 7. The Morgan fingerprint density at radius 1 is 0.939 bits per heavy atom. The maximum absolute atomic E-state index is 13.5. The van der Waals surface area contributed by atoms with Crippen LogP contribution in [0.2, 0.25) is 0 Å². The van der Waals surface area contributed by atoms with Crippen LogP contribution in [0, 0.1) is 0 Å². The number of benzene rings is 3. The van der Waals surface area contributed by atoms with E-state index in [1.165, 1.54) is 6.07 Å². The molecule has 33 heavy (non-hydrogen) atoms. The largest absolute Gasteiger partial charge is 0.508 e. The predicted molar refractivity (Wildman–Crippen MR) is 122 cm³/mol. The first-order valence-electron chi connectivity index (χ1n) is 10.6. The second kappa shape index (κ2) is 9.24. The van der Waals surface area contributed by atoms with Gasteiger partial charge < -0.3 is 24.6 Å². The summed E-state index contributed by atoms with van der Waals surface area (Å²) in [4.78, 5) is 27.5. The third-order valence-electron chi connectivity index (χ3n) is 6.05. The molecule has 0 saturated heterocycles. The van der Waals surface area contributed by atoms with Crippen LogP contribution < -0.4 is 9.47 Å². The fraction of sp³-hybridized carbons (Fsp3) is 0.231. The lowest BCUT2D eigenvalue weighted by molar-refractivity contribution is -0.140. The smallest absolute Gasteiger partial charge is 0.313 e. The average Bonchev–Trinajstić information content (AvgIpc) is 2.83. The summed E-state index contributed by atoms with van der Waals surface area (Å²) in [7, 11) is 3.11. The summed E-state index contributed by atoms with van der Waals surface area (Å²) in [5.41, 5.74) is 2.12. The van der Waals surface area contributed by atoms with Gasteiger partial charge in [-0.05, 0) is 41.8 Å². The number of para-hydroxylation sites is 1. The van der Waals surface area contributed by atoms with E-state index in [9.17, 15) is 19.8 Å². The number of hydrogen-bond donors (Lipinski definition) is 2. The van der Waals surface area contributed by atoms with Gasteiger partial charge in [0.2, 0.25) is 0 Å². The molecule has 2 unspecified atom stereocenters. The second-order valence-electron chi connectivity index (χ2n) is 7.84. The molecule has 0 fully saturated rings. The van der Waals surface area contributed by atoms with E-state index in [-0.39, 0.29) is 18.2 Å². The zero-order chi connectivity index (χ0) is 23.5. The number of aliphatic carboxylic acids is 1. The molecule has 3 aromatic carbocycles. The minimum Gasteiger partial charge on any atom is -0.508 e. The predicted octanol–water partition coefficient (Wildman–Crippen LogP) is 4.02. The lowest BCUT2D eigenvalue weighted by Gasteiger charge is -2.41. The molecular weight excluding hydrogens is 422 g/mol. The maximum atomic E-state index is 13.5. The Kier molecular flexibility index (Phi) is 6.22. The zero-order valence-corrected chi connectivity index (χ0v) is 18.4. The maximum Gasteiger partial charge on any atom is 0.313 e. The van der Waals surface area contributed by atoms with Crippen LogP contribution in [-0.4, -0.2) is 47.8 Å². The first-order valence-corrected chi connectivity index (χ1v) is 10.6. The zero-order valence-electron chi connectivity index (χ0n) is 18.4. The van der Waals surface area contributed by atoms with E-state index in [4.69, 9.17) is 9.47 Å². The quantitative estimate of drug-likeness (QED) is 0.568. The number of carbonyl (C=O) groups is 2. The molecule has 0 spiro atoms. The number of ether oxygens (including phenoxy) is 2. The van der Waals surface area contributed by atoms with Crippen molar-refractivity contribution >= 4 is 11.9 Å². The summed E-state index contributed by atoms with van der Waals surface area (Å²) in [5.74, 6) is -1.21. The van der Waals surface area contributed by atoms with Crippen LogP contribution >= 0.6 is 0 Å². The number of nitrogens with zero attached hydrogens (tertiary/aromatic N) is 1. The van der Waals surface area contributed by atoms with Crippen LogP contribution in [0.1, 0.15) is 39.0 Å². The van der Waals surface area contributed by atoms with Crippen LogP contribution in [0.5, 0.6) is 17.2 Å². The van der Waals surface area contributed by atoms with Crippen molar-refractivity contribution in [3.8, 4) is 17.2 Å². The SMILES string of the molecule is COc1ccc(CCN2C(=O)c3ccccc3C(C(=O)O)C2c2ccccc2O)cc1OC. The molecule has 1 amide bonds. The molecule has 1 heterocycles. The average molecular weight is 447 g/mol.